The van der Waals surface area contributed by atoms with Crippen molar-refractivity contribution in [2.24, 2.45) is 11.8 Å². The lowest BCUT2D eigenvalue weighted by molar-refractivity contribution is -0.0328. The van der Waals surface area contributed by atoms with E-state index in [1.54, 1.807) is 12.1 Å². The van der Waals surface area contributed by atoms with Gasteiger partial charge in [-0.25, -0.2) is 0 Å². The van der Waals surface area contributed by atoms with Crippen molar-refractivity contribution in [3.8, 4) is 0 Å². The molecule has 2 aliphatic heterocycles. The van der Waals surface area contributed by atoms with Crippen LogP contribution in [0, 0.1) is 11.8 Å². The van der Waals surface area contributed by atoms with E-state index in [9.17, 15) is 13.2 Å². The van der Waals surface area contributed by atoms with E-state index in [0.717, 1.165) is 50.1 Å². The van der Waals surface area contributed by atoms with Crippen molar-refractivity contribution < 1.29 is 13.2 Å². The fraction of sp³-hybridized carbons (Fsp3) is 0.600. The Morgan fingerprint density at radius 3 is 2.50 bits per heavy atom. The fourth-order valence-electron chi connectivity index (χ4n) is 3.31. The third-order valence-electron chi connectivity index (χ3n) is 4.35. The van der Waals surface area contributed by atoms with Crippen molar-refractivity contribution in [3.05, 3.63) is 29.8 Å². The summed E-state index contributed by atoms with van der Waals surface area (Å²) in [5.41, 5.74) is -3.12. The minimum Gasteiger partial charge on any atom is -0.316 e. The van der Waals surface area contributed by atoms with Crippen LogP contribution in [0.2, 0.25) is 0 Å². The molecule has 2 saturated heterocycles. The van der Waals surface area contributed by atoms with Crippen LogP contribution < -0.4 is 5.32 Å². The number of piperidine rings is 1. The van der Waals surface area contributed by atoms with Gasteiger partial charge in [0.1, 0.15) is 0 Å². The van der Waals surface area contributed by atoms with E-state index in [1.165, 1.54) is 6.42 Å². The molecular weight excluding hydrogens is 333 g/mol. The normalized spacial score (nSPS) is 25.6. The maximum atomic E-state index is 12.3. The Labute approximate surface area is 139 Å². The van der Waals surface area contributed by atoms with Crippen LogP contribution in [-0.4, -0.2) is 36.6 Å². The second kappa shape index (κ2) is 7.43. The average Bonchev–Trinajstić information content (AvgIpc) is 2.87. The Balaban J connectivity index is 0.00000176. The lowest BCUT2D eigenvalue weighted by atomic mass is 9.88. The molecule has 2 heterocycles. The molecule has 2 unspecified atom stereocenters. The SMILES string of the molecule is Cl.FC(F)(F)Sc1ccc(CN2CCC3CNCC3C2)cc1. The fourth-order valence-corrected chi connectivity index (χ4v) is 3.85. The van der Waals surface area contributed by atoms with E-state index in [-0.39, 0.29) is 29.1 Å². The van der Waals surface area contributed by atoms with Crippen LogP contribution in [0.5, 0.6) is 0 Å². The van der Waals surface area contributed by atoms with Gasteiger partial charge in [0.05, 0.1) is 0 Å². The lowest BCUT2D eigenvalue weighted by Gasteiger charge is -2.34. The van der Waals surface area contributed by atoms with Gasteiger partial charge < -0.3 is 5.32 Å². The molecule has 22 heavy (non-hydrogen) atoms. The first-order valence-electron chi connectivity index (χ1n) is 7.27. The van der Waals surface area contributed by atoms with Crippen LogP contribution in [0.25, 0.3) is 0 Å². The summed E-state index contributed by atoms with van der Waals surface area (Å²) in [6.07, 6.45) is 1.22. The standard InChI is InChI=1S/C15H19F3N2S.ClH/c16-15(17,18)21-14-3-1-11(2-4-14)9-20-6-5-12-7-19-8-13(12)10-20;/h1-4,12-13,19H,5-10H2;1H. The quantitative estimate of drug-likeness (QED) is 0.834. The van der Waals surface area contributed by atoms with Gasteiger partial charge in [-0.05, 0) is 67.3 Å². The summed E-state index contributed by atoms with van der Waals surface area (Å²) in [5, 5.41) is 3.44. The molecule has 2 fully saturated rings. The highest BCUT2D eigenvalue weighted by molar-refractivity contribution is 8.00. The van der Waals surface area contributed by atoms with Crippen molar-refractivity contribution in [2.45, 2.75) is 23.4 Å². The highest BCUT2D eigenvalue weighted by Gasteiger charge is 2.32. The molecule has 3 rings (SSSR count). The topological polar surface area (TPSA) is 15.3 Å². The van der Waals surface area contributed by atoms with Gasteiger partial charge in [0.2, 0.25) is 0 Å². The third-order valence-corrected chi connectivity index (χ3v) is 5.09. The van der Waals surface area contributed by atoms with E-state index >= 15 is 0 Å². The van der Waals surface area contributed by atoms with Crippen molar-refractivity contribution in [3.63, 3.8) is 0 Å². The molecule has 1 N–H and O–H groups in total. The van der Waals surface area contributed by atoms with Gasteiger partial charge in [-0.2, -0.15) is 13.2 Å². The molecule has 0 aliphatic carbocycles. The zero-order valence-electron chi connectivity index (χ0n) is 12.1. The number of hydrogen-bond donors (Lipinski definition) is 1. The molecule has 2 aliphatic rings. The van der Waals surface area contributed by atoms with Crippen molar-refractivity contribution in [1.82, 2.24) is 10.2 Å². The summed E-state index contributed by atoms with van der Waals surface area (Å²) in [6, 6.07) is 6.76. The first-order chi connectivity index (χ1) is 9.99. The van der Waals surface area contributed by atoms with Crippen LogP contribution in [0.1, 0.15) is 12.0 Å². The van der Waals surface area contributed by atoms with Crippen LogP contribution in [0.4, 0.5) is 13.2 Å². The largest absolute Gasteiger partial charge is 0.446 e. The molecule has 1 aromatic rings. The molecular formula is C15H20ClF3N2S. The third kappa shape index (κ3) is 4.78. The van der Waals surface area contributed by atoms with E-state index < -0.39 is 5.51 Å². The predicted octanol–water partition coefficient (Wildman–Crippen LogP) is 3.76. The van der Waals surface area contributed by atoms with E-state index in [1.807, 2.05) is 12.1 Å². The number of benzene rings is 1. The van der Waals surface area contributed by atoms with Crippen molar-refractivity contribution >= 4 is 24.2 Å². The molecule has 0 saturated carbocycles. The smallest absolute Gasteiger partial charge is 0.316 e. The Kier molecular flexibility index (Phi) is 6.05. The van der Waals surface area contributed by atoms with Gasteiger partial charge >= 0.3 is 5.51 Å². The van der Waals surface area contributed by atoms with Crippen LogP contribution in [0.3, 0.4) is 0 Å². The average molecular weight is 353 g/mol. The number of likely N-dealkylation sites (tertiary alicyclic amines) is 1. The number of fused-ring (bicyclic) bond motifs is 1. The minimum absolute atomic E-state index is 0. The molecule has 0 amide bonds. The van der Waals surface area contributed by atoms with Crippen molar-refractivity contribution in [2.75, 3.05) is 26.2 Å². The van der Waals surface area contributed by atoms with E-state index in [4.69, 9.17) is 0 Å². The van der Waals surface area contributed by atoms with E-state index in [0.29, 0.717) is 0 Å². The molecule has 0 aromatic heterocycles. The molecule has 2 nitrogen and oxygen atoms in total. The second-order valence-corrected chi connectivity index (χ2v) is 7.03. The number of thioether (sulfide) groups is 1. The van der Waals surface area contributed by atoms with Crippen LogP contribution in [-0.2, 0) is 6.54 Å². The van der Waals surface area contributed by atoms with Gasteiger partial charge in [-0.3, -0.25) is 4.90 Å². The van der Waals surface area contributed by atoms with Crippen molar-refractivity contribution in [1.29, 1.82) is 0 Å². The molecule has 1 aromatic carbocycles. The minimum atomic E-state index is -4.21. The zero-order chi connectivity index (χ0) is 14.9. The number of rotatable bonds is 3. The Hall–Kier alpha value is -0.430. The summed E-state index contributed by atoms with van der Waals surface area (Å²) >= 11 is -0.0538. The maximum absolute atomic E-state index is 12.3. The number of nitrogens with one attached hydrogen (secondary N) is 1. The molecule has 7 heteroatoms. The Morgan fingerprint density at radius 1 is 1.14 bits per heavy atom. The summed E-state index contributed by atoms with van der Waals surface area (Å²) in [6.45, 7) is 5.25. The van der Waals surface area contributed by atoms with Crippen LogP contribution in [0.15, 0.2) is 29.2 Å². The first kappa shape index (κ1) is 17.9. The number of hydrogen-bond acceptors (Lipinski definition) is 3. The second-order valence-electron chi connectivity index (χ2n) is 5.89. The maximum Gasteiger partial charge on any atom is 0.446 e. The predicted molar refractivity (Wildman–Crippen MR) is 85.3 cm³/mol. The lowest BCUT2D eigenvalue weighted by Crippen LogP contribution is -2.39. The Bertz CT molecular complexity index is 481. The zero-order valence-corrected chi connectivity index (χ0v) is 13.7. The first-order valence-corrected chi connectivity index (χ1v) is 8.09. The van der Waals surface area contributed by atoms with Gasteiger partial charge in [-0.15, -0.1) is 12.4 Å². The van der Waals surface area contributed by atoms with Crippen LogP contribution >= 0.6 is 24.2 Å². The molecule has 124 valence electrons. The number of nitrogens with zero attached hydrogens (tertiary/aromatic N) is 1. The van der Waals surface area contributed by atoms with E-state index in [2.05, 4.69) is 10.2 Å². The number of alkyl halides is 3. The molecule has 0 spiro atoms. The molecule has 0 radical (unpaired) electrons. The summed E-state index contributed by atoms with van der Waals surface area (Å²) < 4.78 is 36.9. The molecule has 2 atom stereocenters. The van der Waals surface area contributed by atoms with Gasteiger partial charge in [0, 0.05) is 18.0 Å². The number of halogens is 4. The highest BCUT2D eigenvalue weighted by atomic mass is 35.5. The summed E-state index contributed by atoms with van der Waals surface area (Å²) in [5.74, 6) is 1.55. The summed E-state index contributed by atoms with van der Waals surface area (Å²) in [4.78, 5) is 2.67. The van der Waals surface area contributed by atoms with Gasteiger partial charge in [0.15, 0.2) is 0 Å². The van der Waals surface area contributed by atoms with Gasteiger partial charge in [-0.1, -0.05) is 12.1 Å². The molecule has 0 bridgehead atoms. The van der Waals surface area contributed by atoms with Gasteiger partial charge in [0.25, 0.3) is 0 Å². The summed E-state index contributed by atoms with van der Waals surface area (Å²) in [7, 11) is 0. The Morgan fingerprint density at radius 2 is 1.82 bits per heavy atom. The highest BCUT2D eigenvalue weighted by Crippen LogP contribution is 2.36. The monoisotopic (exact) mass is 352 g/mol.